The van der Waals surface area contributed by atoms with Crippen LogP contribution < -0.4 is 5.32 Å². The molecule has 0 bridgehead atoms. The number of hydrogen-bond acceptors (Lipinski definition) is 5. The van der Waals surface area contributed by atoms with E-state index in [2.05, 4.69) is 5.32 Å². The second-order valence-corrected chi connectivity index (χ2v) is 8.15. The molecule has 1 atom stereocenters. The monoisotopic (exact) mass is 310 g/mol. The smallest absolute Gasteiger partial charge is 0.179 e. The Morgan fingerprint density at radius 2 is 2.10 bits per heavy atom. The Labute approximate surface area is 124 Å². The van der Waals surface area contributed by atoms with Crippen LogP contribution in [0.4, 0.5) is 0 Å². The number of sulfone groups is 1. The summed E-state index contributed by atoms with van der Waals surface area (Å²) in [5.41, 5.74) is 0.473. The van der Waals surface area contributed by atoms with Gasteiger partial charge in [0.15, 0.2) is 9.84 Å². The minimum Gasteiger partial charge on any atom is -0.315 e. The lowest BCUT2D eigenvalue weighted by atomic mass is 10.1. The first-order valence-corrected chi connectivity index (χ1v) is 9.44. The van der Waals surface area contributed by atoms with E-state index in [1.54, 1.807) is 0 Å². The Morgan fingerprint density at radius 1 is 1.35 bits per heavy atom. The molecule has 4 nitrogen and oxygen atoms in total. The minimum absolute atomic E-state index is 0.0960. The molecule has 1 aromatic rings. The molecule has 6 heteroatoms. The maximum absolute atomic E-state index is 12.1. The molecule has 1 saturated heterocycles. The van der Waals surface area contributed by atoms with Crippen molar-refractivity contribution in [1.29, 1.82) is 5.26 Å². The van der Waals surface area contributed by atoms with Gasteiger partial charge in [0.25, 0.3) is 0 Å². The average molecular weight is 310 g/mol. The summed E-state index contributed by atoms with van der Waals surface area (Å²) in [6.45, 7) is 1.37. The summed E-state index contributed by atoms with van der Waals surface area (Å²) in [7, 11) is -3.26. The molecule has 1 fully saturated rings. The second-order valence-electron chi connectivity index (χ2n) is 4.89. The van der Waals surface area contributed by atoms with Crippen LogP contribution >= 0.6 is 11.8 Å². The number of thioether (sulfide) groups is 1. The van der Waals surface area contributed by atoms with E-state index in [9.17, 15) is 8.42 Å². The van der Waals surface area contributed by atoms with Crippen LogP contribution in [0, 0.1) is 17.2 Å². The number of benzene rings is 1. The van der Waals surface area contributed by atoms with Crippen LogP contribution in [0.1, 0.15) is 12.0 Å². The van der Waals surface area contributed by atoms with E-state index in [-0.39, 0.29) is 10.6 Å². The molecule has 2 rings (SSSR count). The van der Waals surface area contributed by atoms with Crippen molar-refractivity contribution in [2.24, 2.45) is 5.92 Å². The van der Waals surface area contributed by atoms with Gasteiger partial charge in [0.2, 0.25) is 0 Å². The predicted octanol–water partition coefficient (Wildman–Crippen LogP) is 1.67. The zero-order valence-electron chi connectivity index (χ0n) is 11.2. The molecule has 0 spiro atoms. The lowest BCUT2D eigenvalue weighted by molar-refractivity contribution is 0.531. The van der Waals surface area contributed by atoms with Crippen LogP contribution in [0.3, 0.4) is 0 Å². The number of hydrogen-bond donors (Lipinski definition) is 1. The Morgan fingerprint density at radius 3 is 2.70 bits per heavy atom. The highest BCUT2D eigenvalue weighted by Gasteiger charge is 2.16. The van der Waals surface area contributed by atoms with Gasteiger partial charge in [-0.15, -0.1) is 0 Å². The molecule has 20 heavy (non-hydrogen) atoms. The second kappa shape index (κ2) is 7.11. The normalized spacial score (nSPS) is 18.9. The topological polar surface area (TPSA) is 70.0 Å². The van der Waals surface area contributed by atoms with Gasteiger partial charge in [0.1, 0.15) is 0 Å². The summed E-state index contributed by atoms with van der Waals surface area (Å²) in [5, 5.41) is 11.9. The fraction of sp³-hybridized carbons (Fsp3) is 0.500. The summed E-state index contributed by atoms with van der Waals surface area (Å²) in [6.07, 6.45) is 1.22. The van der Waals surface area contributed by atoms with E-state index >= 15 is 0 Å². The molecule has 0 saturated carbocycles. The molecule has 108 valence electrons. The van der Waals surface area contributed by atoms with Gasteiger partial charge in [0, 0.05) is 6.54 Å². The van der Waals surface area contributed by atoms with Crippen molar-refractivity contribution < 1.29 is 8.42 Å². The van der Waals surface area contributed by atoms with Crippen molar-refractivity contribution in [3.05, 3.63) is 29.8 Å². The molecular weight excluding hydrogens is 292 g/mol. The summed E-state index contributed by atoms with van der Waals surface area (Å²) < 4.78 is 24.2. The van der Waals surface area contributed by atoms with Crippen LogP contribution in [0.25, 0.3) is 0 Å². The molecule has 1 unspecified atom stereocenters. The maximum atomic E-state index is 12.1. The first-order valence-electron chi connectivity index (χ1n) is 6.63. The van der Waals surface area contributed by atoms with Crippen LogP contribution in [-0.2, 0) is 9.84 Å². The van der Waals surface area contributed by atoms with Gasteiger partial charge >= 0.3 is 0 Å². The van der Waals surface area contributed by atoms with Gasteiger partial charge in [-0.2, -0.15) is 17.0 Å². The third-order valence-corrected chi connectivity index (χ3v) is 6.31. The van der Waals surface area contributed by atoms with E-state index < -0.39 is 9.84 Å². The van der Waals surface area contributed by atoms with Gasteiger partial charge < -0.3 is 5.32 Å². The zero-order valence-corrected chi connectivity index (χ0v) is 12.8. The van der Waals surface area contributed by atoms with Crippen LogP contribution in [0.5, 0.6) is 0 Å². The van der Waals surface area contributed by atoms with Crippen LogP contribution in [0.15, 0.2) is 29.2 Å². The number of nitriles is 1. The molecular formula is C14H18N2O2S2. The van der Waals surface area contributed by atoms with Gasteiger partial charge in [-0.3, -0.25) is 0 Å². The first kappa shape index (κ1) is 15.4. The fourth-order valence-electron chi connectivity index (χ4n) is 2.11. The molecule has 1 aliphatic rings. The van der Waals surface area contributed by atoms with Gasteiger partial charge in [-0.25, -0.2) is 8.42 Å². The molecule has 0 aliphatic carbocycles. The Bertz CT molecular complexity index is 570. The number of nitrogens with zero attached hydrogens (tertiary/aromatic N) is 1. The lowest BCUT2D eigenvalue weighted by Gasteiger charge is -2.10. The van der Waals surface area contributed by atoms with Crippen molar-refractivity contribution in [2.45, 2.75) is 11.3 Å². The fourth-order valence-corrected chi connectivity index (χ4v) is 4.60. The summed E-state index contributed by atoms with van der Waals surface area (Å²) in [6, 6.07) is 8.06. The van der Waals surface area contributed by atoms with Crippen LogP contribution in [-0.4, -0.2) is 38.8 Å². The average Bonchev–Trinajstić information content (AvgIpc) is 2.97. The highest BCUT2D eigenvalue weighted by atomic mass is 32.2. The van der Waals surface area contributed by atoms with E-state index in [1.807, 2.05) is 17.8 Å². The maximum Gasteiger partial charge on any atom is 0.179 e. The number of rotatable bonds is 6. The quantitative estimate of drug-likeness (QED) is 0.810. The molecule has 1 aliphatic heterocycles. The first-order chi connectivity index (χ1) is 9.62. The Balaban J connectivity index is 1.82. The van der Waals surface area contributed by atoms with Crippen molar-refractivity contribution in [3.8, 4) is 6.07 Å². The third-order valence-electron chi connectivity index (χ3n) is 3.35. The van der Waals surface area contributed by atoms with Crippen molar-refractivity contribution in [2.75, 3.05) is 30.3 Å². The molecule has 0 aromatic heterocycles. The minimum atomic E-state index is -3.26. The molecule has 0 radical (unpaired) electrons. The van der Waals surface area contributed by atoms with Crippen molar-refractivity contribution >= 4 is 21.6 Å². The molecule has 0 amide bonds. The standard InChI is InChI=1S/C14H18N2O2S2/c15-9-12-1-3-14(4-2-12)20(17,18)8-6-16-10-13-5-7-19-11-13/h1-4,13,16H,5-8,10-11H2. The van der Waals surface area contributed by atoms with E-state index in [0.29, 0.717) is 18.0 Å². The van der Waals surface area contributed by atoms with Gasteiger partial charge in [0.05, 0.1) is 22.3 Å². The highest BCUT2D eigenvalue weighted by Crippen LogP contribution is 2.22. The number of nitrogens with one attached hydrogen (secondary N) is 1. The Kier molecular flexibility index (Phi) is 5.46. The summed E-state index contributed by atoms with van der Waals surface area (Å²) in [5.74, 6) is 3.17. The molecule has 1 heterocycles. The zero-order chi connectivity index (χ0) is 14.4. The Hall–Kier alpha value is -1.03. The van der Waals surface area contributed by atoms with E-state index in [1.165, 1.54) is 42.2 Å². The largest absolute Gasteiger partial charge is 0.315 e. The summed E-state index contributed by atoms with van der Waals surface area (Å²) in [4.78, 5) is 0.287. The van der Waals surface area contributed by atoms with Gasteiger partial charge in [-0.1, -0.05) is 0 Å². The molecule has 1 aromatic carbocycles. The predicted molar refractivity (Wildman–Crippen MR) is 81.5 cm³/mol. The van der Waals surface area contributed by atoms with Crippen molar-refractivity contribution in [3.63, 3.8) is 0 Å². The molecule has 1 N–H and O–H groups in total. The van der Waals surface area contributed by atoms with E-state index in [0.717, 1.165) is 6.54 Å². The van der Waals surface area contributed by atoms with Crippen molar-refractivity contribution in [1.82, 2.24) is 5.32 Å². The highest BCUT2D eigenvalue weighted by molar-refractivity contribution is 7.99. The SMILES string of the molecule is N#Cc1ccc(S(=O)(=O)CCNCC2CCSC2)cc1. The van der Waals surface area contributed by atoms with Gasteiger partial charge in [-0.05, 0) is 54.7 Å². The van der Waals surface area contributed by atoms with E-state index in [4.69, 9.17) is 5.26 Å². The summed E-state index contributed by atoms with van der Waals surface area (Å²) >= 11 is 1.96. The van der Waals surface area contributed by atoms with Crippen LogP contribution in [0.2, 0.25) is 0 Å². The third kappa shape index (κ3) is 4.23. The lowest BCUT2D eigenvalue weighted by Crippen LogP contribution is -2.28.